The quantitative estimate of drug-likeness (QED) is 0.340. The monoisotopic (exact) mass is 368 g/mol. The molecule has 0 aromatic heterocycles. The molecule has 6 nitrogen and oxygen atoms in total. The Morgan fingerprint density at radius 2 is 1.88 bits per heavy atom. The standard InChI is InChI=1S/C20H32O6/c1-2-3-4-7-14(21)10-11-16-17(19(24)13-18(16)23)12-15(22)8-5-6-9-20(25)26/h10-11,14,16-18,21,23H,2-9,12-13H2,1H3,(H,25,26)/t14?,16-,17-,18?/m1/s1. The van der Waals surface area contributed by atoms with Crippen LogP contribution < -0.4 is 0 Å². The Balaban J connectivity index is 2.51. The summed E-state index contributed by atoms with van der Waals surface area (Å²) in [5, 5.41) is 28.7. The molecule has 0 spiro atoms. The van der Waals surface area contributed by atoms with Crippen LogP contribution in [0.5, 0.6) is 0 Å². The zero-order chi connectivity index (χ0) is 19.5. The van der Waals surface area contributed by atoms with Crippen molar-refractivity contribution < 1.29 is 29.7 Å². The zero-order valence-corrected chi connectivity index (χ0v) is 15.6. The van der Waals surface area contributed by atoms with E-state index in [0.29, 0.717) is 19.3 Å². The van der Waals surface area contributed by atoms with E-state index in [0.717, 1.165) is 19.3 Å². The lowest BCUT2D eigenvalue weighted by molar-refractivity contribution is -0.137. The van der Waals surface area contributed by atoms with Gasteiger partial charge in [0.2, 0.25) is 0 Å². The number of hydrogen-bond acceptors (Lipinski definition) is 5. The number of carboxylic acid groups (broad SMARTS) is 1. The van der Waals surface area contributed by atoms with E-state index < -0.39 is 30.0 Å². The van der Waals surface area contributed by atoms with E-state index >= 15 is 0 Å². The minimum Gasteiger partial charge on any atom is -0.481 e. The lowest BCUT2D eigenvalue weighted by atomic mass is 9.88. The molecule has 1 fully saturated rings. The van der Waals surface area contributed by atoms with Gasteiger partial charge in [-0.25, -0.2) is 0 Å². The lowest BCUT2D eigenvalue weighted by Gasteiger charge is -2.17. The Hall–Kier alpha value is -1.53. The number of Topliss-reactive ketones (excluding diaryl/α,β-unsaturated/α-hetero) is 2. The van der Waals surface area contributed by atoms with Crippen molar-refractivity contribution in [2.45, 2.75) is 83.3 Å². The first-order chi connectivity index (χ1) is 12.3. The molecule has 2 unspecified atom stereocenters. The van der Waals surface area contributed by atoms with Gasteiger partial charge in [-0.1, -0.05) is 38.3 Å². The smallest absolute Gasteiger partial charge is 0.303 e. The fraction of sp³-hybridized carbons (Fsp3) is 0.750. The first-order valence-electron chi connectivity index (χ1n) is 9.65. The number of carboxylic acids is 1. The number of carbonyl (C=O) groups excluding carboxylic acids is 2. The van der Waals surface area contributed by atoms with Crippen LogP contribution in [0.25, 0.3) is 0 Å². The third-order valence-corrected chi connectivity index (χ3v) is 4.94. The summed E-state index contributed by atoms with van der Waals surface area (Å²) in [4.78, 5) is 34.7. The number of carbonyl (C=O) groups is 3. The normalized spacial score (nSPS) is 24.3. The average molecular weight is 368 g/mol. The van der Waals surface area contributed by atoms with Crippen molar-refractivity contribution in [1.82, 2.24) is 0 Å². The summed E-state index contributed by atoms with van der Waals surface area (Å²) in [6.07, 6.45) is 6.93. The maximum Gasteiger partial charge on any atom is 0.303 e. The Kier molecular flexibility index (Phi) is 10.4. The van der Waals surface area contributed by atoms with Crippen molar-refractivity contribution >= 4 is 17.5 Å². The summed E-state index contributed by atoms with van der Waals surface area (Å²) in [6, 6.07) is 0. The number of ketones is 2. The molecule has 0 aliphatic heterocycles. The van der Waals surface area contributed by atoms with Gasteiger partial charge in [0.15, 0.2) is 0 Å². The number of aliphatic hydroxyl groups excluding tert-OH is 2. The molecular weight excluding hydrogens is 336 g/mol. The van der Waals surface area contributed by atoms with Crippen LogP contribution >= 0.6 is 0 Å². The molecule has 1 rings (SSSR count). The molecule has 0 radical (unpaired) electrons. The molecule has 1 aliphatic carbocycles. The number of aliphatic hydroxyl groups is 2. The van der Waals surface area contributed by atoms with E-state index in [2.05, 4.69) is 6.92 Å². The van der Waals surface area contributed by atoms with Crippen molar-refractivity contribution in [2.75, 3.05) is 0 Å². The van der Waals surface area contributed by atoms with Gasteiger partial charge in [-0.05, 0) is 19.3 Å². The summed E-state index contributed by atoms with van der Waals surface area (Å²) in [5.74, 6) is -2.06. The predicted octanol–water partition coefficient (Wildman–Crippen LogP) is 2.65. The third-order valence-electron chi connectivity index (χ3n) is 4.94. The van der Waals surface area contributed by atoms with Crippen LogP contribution in [0.1, 0.15) is 71.1 Å². The van der Waals surface area contributed by atoms with E-state index in [4.69, 9.17) is 5.11 Å². The van der Waals surface area contributed by atoms with Gasteiger partial charge < -0.3 is 15.3 Å². The molecule has 0 bridgehead atoms. The van der Waals surface area contributed by atoms with E-state index in [-0.39, 0.29) is 37.2 Å². The van der Waals surface area contributed by atoms with Crippen LogP contribution in [-0.4, -0.2) is 45.1 Å². The maximum atomic E-state index is 12.1. The van der Waals surface area contributed by atoms with Crippen molar-refractivity contribution in [3.05, 3.63) is 12.2 Å². The highest BCUT2D eigenvalue weighted by Gasteiger charge is 2.40. The Morgan fingerprint density at radius 1 is 1.19 bits per heavy atom. The molecule has 0 aromatic rings. The van der Waals surface area contributed by atoms with Gasteiger partial charge in [0.25, 0.3) is 0 Å². The number of aliphatic carboxylic acids is 1. The highest BCUT2D eigenvalue weighted by atomic mass is 16.4. The molecule has 1 aliphatic rings. The van der Waals surface area contributed by atoms with Crippen LogP contribution in [0.2, 0.25) is 0 Å². The number of hydrogen-bond donors (Lipinski definition) is 3. The van der Waals surface area contributed by atoms with Gasteiger partial charge in [-0.15, -0.1) is 0 Å². The summed E-state index contributed by atoms with van der Waals surface area (Å²) < 4.78 is 0. The molecule has 0 aromatic carbocycles. The van der Waals surface area contributed by atoms with Gasteiger partial charge in [-0.2, -0.15) is 0 Å². The van der Waals surface area contributed by atoms with Gasteiger partial charge in [0.1, 0.15) is 11.6 Å². The first kappa shape index (κ1) is 22.5. The Bertz CT molecular complexity index is 499. The molecule has 1 saturated carbocycles. The molecule has 0 amide bonds. The molecular formula is C20H32O6. The SMILES string of the molecule is CCCCCC(O)C=C[C@H]1C(O)CC(=O)[C@@H]1CC(=O)CCCCC(=O)O. The minimum absolute atomic E-state index is 0.0373. The third kappa shape index (κ3) is 8.23. The summed E-state index contributed by atoms with van der Waals surface area (Å²) >= 11 is 0. The number of unbranched alkanes of at least 4 members (excludes halogenated alkanes) is 3. The van der Waals surface area contributed by atoms with Crippen LogP contribution in [0.15, 0.2) is 12.2 Å². The highest BCUT2D eigenvalue weighted by molar-refractivity contribution is 5.90. The van der Waals surface area contributed by atoms with Gasteiger partial charge in [0.05, 0.1) is 12.2 Å². The van der Waals surface area contributed by atoms with Crippen LogP contribution in [0.3, 0.4) is 0 Å². The second kappa shape index (κ2) is 12.0. The van der Waals surface area contributed by atoms with E-state index in [1.807, 2.05) is 0 Å². The maximum absolute atomic E-state index is 12.1. The average Bonchev–Trinajstić information content (AvgIpc) is 2.83. The lowest BCUT2D eigenvalue weighted by Crippen LogP contribution is -2.22. The van der Waals surface area contributed by atoms with Gasteiger partial charge in [0, 0.05) is 37.5 Å². The Morgan fingerprint density at radius 3 is 2.54 bits per heavy atom. The number of rotatable bonds is 13. The first-order valence-corrected chi connectivity index (χ1v) is 9.65. The molecule has 6 heteroatoms. The summed E-state index contributed by atoms with van der Waals surface area (Å²) in [5.41, 5.74) is 0. The minimum atomic E-state index is -0.880. The van der Waals surface area contributed by atoms with Crippen molar-refractivity contribution in [3.63, 3.8) is 0 Å². The van der Waals surface area contributed by atoms with E-state index in [1.165, 1.54) is 0 Å². The topological polar surface area (TPSA) is 112 Å². The van der Waals surface area contributed by atoms with Crippen molar-refractivity contribution in [2.24, 2.45) is 11.8 Å². The second-order valence-electron chi connectivity index (χ2n) is 7.21. The van der Waals surface area contributed by atoms with Crippen LogP contribution in [0, 0.1) is 11.8 Å². The fourth-order valence-electron chi connectivity index (χ4n) is 3.39. The van der Waals surface area contributed by atoms with Gasteiger partial charge >= 0.3 is 5.97 Å². The van der Waals surface area contributed by atoms with Crippen LogP contribution in [0.4, 0.5) is 0 Å². The summed E-state index contributed by atoms with van der Waals surface area (Å²) in [7, 11) is 0. The van der Waals surface area contributed by atoms with E-state index in [9.17, 15) is 24.6 Å². The molecule has 0 heterocycles. The fourth-order valence-corrected chi connectivity index (χ4v) is 3.39. The zero-order valence-electron chi connectivity index (χ0n) is 15.6. The molecule has 148 valence electrons. The van der Waals surface area contributed by atoms with E-state index in [1.54, 1.807) is 12.2 Å². The second-order valence-corrected chi connectivity index (χ2v) is 7.21. The Labute approximate surface area is 155 Å². The van der Waals surface area contributed by atoms with Crippen molar-refractivity contribution in [3.8, 4) is 0 Å². The molecule has 26 heavy (non-hydrogen) atoms. The van der Waals surface area contributed by atoms with Crippen molar-refractivity contribution in [1.29, 1.82) is 0 Å². The van der Waals surface area contributed by atoms with Gasteiger partial charge in [-0.3, -0.25) is 14.4 Å². The molecule has 0 saturated heterocycles. The summed E-state index contributed by atoms with van der Waals surface area (Å²) in [6.45, 7) is 2.09. The predicted molar refractivity (Wildman–Crippen MR) is 97.6 cm³/mol. The molecule has 4 atom stereocenters. The van der Waals surface area contributed by atoms with Crippen LogP contribution in [-0.2, 0) is 14.4 Å². The molecule has 3 N–H and O–H groups in total. The largest absolute Gasteiger partial charge is 0.481 e. The highest BCUT2D eigenvalue weighted by Crippen LogP contribution is 2.33.